The van der Waals surface area contributed by atoms with E-state index in [-0.39, 0.29) is 0 Å². The molecule has 0 saturated carbocycles. The van der Waals surface area contributed by atoms with Crippen LogP contribution in [0.4, 0.5) is 0 Å². The van der Waals surface area contributed by atoms with E-state index in [1.807, 2.05) is 30.3 Å². The van der Waals surface area contributed by atoms with Gasteiger partial charge in [-0.2, -0.15) is 0 Å². The van der Waals surface area contributed by atoms with Crippen molar-refractivity contribution in [2.75, 3.05) is 0 Å². The molecule has 0 unspecified atom stereocenters. The Morgan fingerprint density at radius 3 is 2.35 bits per heavy atom. The van der Waals surface area contributed by atoms with Crippen LogP contribution in [-0.2, 0) is 6.54 Å². The summed E-state index contributed by atoms with van der Waals surface area (Å²) < 4.78 is 3.38. The van der Waals surface area contributed by atoms with Crippen molar-refractivity contribution in [1.29, 1.82) is 0 Å². The Morgan fingerprint density at radius 1 is 0.735 bits per heavy atom. The molecule has 6 aromatic rings. The van der Waals surface area contributed by atoms with E-state index in [4.69, 9.17) is 5.73 Å². The smallest absolute Gasteiger partial charge is 0.249 e. The van der Waals surface area contributed by atoms with Crippen LogP contribution in [0, 0.1) is 0 Å². The summed E-state index contributed by atoms with van der Waals surface area (Å²) in [5.74, 6) is -0.413. The fraction of sp³-hybridized carbons (Fsp3) is 0.0333. The van der Waals surface area contributed by atoms with Gasteiger partial charge in [0.15, 0.2) is 0 Å². The number of nitrogens with zero attached hydrogens (tertiary/aromatic N) is 1. The third-order valence-electron chi connectivity index (χ3n) is 6.54. The second-order valence-electron chi connectivity index (χ2n) is 8.51. The Balaban J connectivity index is 1.63. The molecular weight excluding hydrogens is 484 g/mol. The van der Waals surface area contributed by atoms with Gasteiger partial charge in [0.1, 0.15) is 0 Å². The van der Waals surface area contributed by atoms with Crippen LogP contribution in [0.5, 0.6) is 0 Å². The van der Waals surface area contributed by atoms with Crippen LogP contribution in [0.15, 0.2) is 108 Å². The highest BCUT2D eigenvalue weighted by Gasteiger charge is 2.18. The van der Waals surface area contributed by atoms with Gasteiger partial charge < -0.3 is 10.3 Å². The topological polar surface area (TPSA) is 48.0 Å². The number of nitrogens with two attached hydrogens (primary N) is 1. The predicted octanol–water partition coefficient (Wildman–Crippen LogP) is 7.52. The van der Waals surface area contributed by atoms with E-state index in [2.05, 4.69) is 93.3 Å². The van der Waals surface area contributed by atoms with Gasteiger partial charge in [0.05, 0.1) is 11.0 Å². The zero-order valence-electron chi connectivity index (χ0n) is 18.3. The van der Waals surface area contributed by atoms with Gasteiger partial charge in [-0.3, -0.25) is 4.79 Å². The van der Waals surface area contributed by atoms with Gasteiger partial charge in [0, 0.05) is 27.4 Å². The molecule has 0 aliphatic heterocycles. The van der Waals surface area contributed by atoms with Gasteiger partial charge in [0.25, 0.3) is 0 Å². The summed E-state index contributed by atoms with van der Waals surface area (Å²) in [5, 5.41) is 4.31. The van der Waals surface area contributed by atoms with E-state index >= 15 is 0 Å². The number of rotatable bonds is 4. The molecule has 0 fully saturated rings. The first-order chi connectivity index (χ1) is 16.6. The average molecular weight is 505 g/mol. The van der Waals surface area contributed by atoms with E-state index in [9.17, 15) is 4.79 Å². The molecule has 0 spiro atoms. The molecule has 0 aliphatic rings. The van der Waals surface area contributed by atoms with Crippen molar-refractivity contribution in [3.8, 4) is 11.1 Å². The van der Waals surface area contributed by atoms with Crippen molar-refractivity contribution >= 4 is 54.4 Å². The van der Waals surface area contributed by atoms with Crippen molar-refractivity contribution in [2.24, 2.45) is 5.73 Å². The van der Waals surface area contributed by atoms with Crippen LogP contribution in [-0.4, -0.2) is 10.5 Å². The number of hydrogen-bond acceptors (Lipinski definition) is 1. The highest BCUT2D eigenvalue weighted by atomic mass is 79.9. The lowest BCUT2D eigenvalue weighted by atomic mass is 10.0. The van der Waals surface area contributed by atoms with Gasteiger partial charge in [-0.1, -0.05) is 84.9 Å². The molecule has 1 aromatic heterocycles. The summed E-state index contributed by atoms with van der Waals surface area (Å²) in [6.07, 6.45) is 0. The monoisotopic (exact) mass is 504 g/mol. The Labute approximate surface area is 205 Å². The maximum absolute atomic E-state index is 12.3. The van der Waals surface area contributed by atoms with E-state index in [1.165, 1.54) is 16.3 Å². The first-order valence-electron chi connectivity index (χ1n) is 11.2. The fourth-order valence-corrected chi connectivity index (χ4v) is 5.52. The number of primary amides is 1. The fourth-order valence-electron chi connectivity index (χ4n) is 4.90. The Kier molecular flexibility index (Phi) is 4.96. The van der Waals surface area contributed by atoms with Gasteiger partial charge in [-0.25, -0.2) is 0 Å². The number of amides is 1. The van der Waals surface area contributed by atoms with Crippen LogP contribution >= 0.6 is 15.9 Å². The molecule has 5 aromatic carbocycles. The Bertz CT molecular complexity index is 1720. The van der Waals surface area contributed by atoms with E-state index in [1.54, 1.807) is 0 Å². The normalized spacial score (nSPS) is 11.4. The minimum absolute atomic E-state index is 0.413. The lowest BCUT2D eigenvalue weighted by molar-refractivity contribution is 0.100. The lowest BCUT2D eigenvalue weighted by Gasteiger charge is -2.12. The van der Waals surface area contributed by atoms with Crippen molar-refractivity contribution in [1.82, 2.24) is 4.57 Å². The number of benzene rings is 5. The Morgan fingerprint density at radius 2 is 1.53 bits per heavy atom. The Hall–Kier alpha value is -3.89. The van der Waals surface area contributed by atoms with Crippen LogP contribution in [0.2, 0.25) is 0 Å². The number of fused-ring (bicyclic) bond motifs is 4. The second kappa shape index (κ2) is 8.15. The molecule has 1 amide bonds. The summed E-state index contributed by atoms with van der Waals surface area (Å²) in [6.45, 7) is 0.659. The number of carbonyl (C=O) groups is 1. The molecule has 0 atom stereocenters. The summed E-state index contributed by atoms with van der Waals surface area (Å²) in [4.78, 5) is 12.3. The minimum Gasteiger partial charge on any atom is -0.366 e. The van der Waals surface area contributed by atoms with Crippen molar-refractivity contribution < 1.29 is 4.79 Å². The molecule has 2 N–H and O–H groups in total. The molecule has 4 heteroatoms. The van der Waals surface area contributed by atoms with Gasteiger partial charge in [0.2, 0.25) is 5.91 Å². The highest BCUT2D eigenvalue weighted by Crippen LogP contribution is 2.36. The number of carbonyl (C=O) groups excluding carboxylic acids is 1. The third-order valence-corrected chi connectivity index (χ3v) is 7.47. The maximum Gasteiger partial charge on any atom is 0.249 e. The molecule has 0 radical (unpaired) electrons. The maximum atomic E-state index is 12.3. The van der Waals surface area contributed by atoms with Crippen molar-refractivity contribution in [3.63, 3.8) is 0 Å². The number of aromatic nitrogens is 1. The van der Waals surface area contributed by atoms with Crippen LogP contribution in [0.1, 0.15) is 15.9 Å². The molecule has 0 saturated heterocycles. The van der Waals surface area contributed by atoms with Gasteiger partial charge >= 0.3 is 0 Å². The SMILES string of the molecule is NC(=O)c1cccc2c1c1ccc(-c3ccccc3)cc1n2Cc1ccc2ccccc2c1Br. The van der Waals surface area contributed by atoms with Crippen LogP contribution in [0.25, 0.3) is 43.7 Å². The number of halogens is 1. The molecule has 3 nitrogen and oxygen atoms in total. The van der Waals surface area contributed by atoms with Gasteiger partial charge in [-0.05, 0) is 61.6 Å². The molecule has 164 valence electrons. The standard InChI is InChI=1S/C30H21BrN2O/c31-29-22(14-13-20-9-4-5-10-23(20)29)18-33-26-12-6-11-25(30(32)34)28(26)24-16-15-21(17-27(24)33)19-7-2-1-3-8-19/h1-17H,18H2,(H2,32,34). The number of hydrogen-bond donors (Lipinski definition) is 1. The lowest BCUT2D eigenvalue weighted by Crippen LogP contribution is -2.11. The molecule has 6 rings (SSSR count). The van der Waals surface area contributed by atoms with Crippen molar-refractivity contribution in [3.05, 3.63) is 119 Å². The quantitative estimate of drug-likeness (QED) is 0.265. The predicted molar refractivity (Wildman–Crippen MR) is 144 cm³/mol. The molecular formula is C30H21BrN2O. The van der Waals surface area contributed by atoms with Gasteiger partial charge in [-0.15, -0.1) is 0 Å². The summed E-state index contributed by atoms with van der Waals surface area (Å²) in [6, 6.07) is 35.3. The molecule has 34 heavy (non-hydrogen) atoms. The third kappa shape index (κ3) is 3.30. The largest absolute Gasteiger partial charge is 0.366 e. The summed E-state index contributed by atoms with van der Waals surface area (Å²) >= 11 is 3.86. The zero-order chi connectivity index (χ0) is 23.2. The average Bonchev–Trinajstić information content (AvgIpc) is 3.19. The summed E-state index contributed by atoms with van der Waals surface area (Å²) in [7, 11) is 0. The zero-order valence-corrected chi connectivity index (χ0v) is 19.9. The van der Waals surface area contributed by atoms with E-state index in [0.29, 0.717) is 12.1 Å². The van der Waals surface area contributed by atoms with Crippen molar-refractivity contribution in [2.45, 2.75) is 6.54 Å². The molecule has 0 bridgehead atoms. The van der Waals surface area contributed by atoms with Crippen LogP contribution < -0.4 is 5.73 Å². The molecule has 1 heterocycles. The first-order valence-corrected chi connectivity index (χ1v) is 12.0. The molecule has 0 aliphatic carbocycles. The second-order valence-corrected chi connectivity index (χ2v) is 9.30. The first kappa shape index (κ1) is 20.7. The van der Waals surface area contributed by atoms with E-state index in [0.717, 1.165) is 37.4 Å². The minimum atomic E-state index is -0.413. The van der Waals surface area contributed by atoms with E-state index < -0.39 is 5.91 Å². The summed E-state index contributed by atoms with van der Waals surface area (Å²) in [5.41, 5.74) is 11.9. The highest BCUT2D eigenvalue weighted by molar-refractivity contribution is 9.10. The van der Waals surface area contributed by atoms with Crippen LogP contribution in [0.3, 0.4) is 0 Å².